The Hall–Kier alpha value is -3.31. The minimum absolute atomic E-state index is 0.102. The molecule has 28 heavy (non-hydrogen) atoms. The van der Waals surface area contributed by atoms with Crippen LogP contribution in [0.25, 0.3) is 10.4 Å². The monoisotopic (exact) mass is 380 g/mol. The Morgan fingerprint density at radius 2 is 1.61 bits per heavy atom. The summed E-state index contributed by atoms with van der Waals surface area (Å²) in [6, 6.07) is 13.8. The minimum atomic E-state index is -0.559. The van der Waals surface area contributed by atoms with Gasteiger partial charge in [-0.15, -0.1) is 0 Å². The molecule has 1 atom stereocenters. The molecule has 0 aromatic heterocycles. The van der Waals surface area contributed by atoms with Gasteiger partial charge < -0.3 is 10.1 Å². The average Bonchev–Trinajstić information content (AvgIpc) is 2.64. The van der Waals surface area contributed by atoms with E-state index in [1.54, 1.807) is 57.2 Å². The highest BCUT2D eigenvalue weighted by Crippen LogP contribution is 2.17. The van der Waals surface area contributed by atoms with Crippen molar-refractivity contribution in [2.75, 3.05) is 0 Å². The molecule has 0 unspecified atom stereocenters. The molecule has 0 saturated heterocycles. The summed E-state index contributed by atoms with van der Waals surface area (Å²) in [5, 5.41) is 6.27. The lowest BCUT2D eigenvalue weighted by atomic mass is 9.99. The number of ketones is 1. The Bertz CT molecular complexity index is 877. The molecule has 0 saturated carbocycles. The van der Waals surface area contributed by atoms with Gasteiger partial charge in [0.25, 0.3) is 0 Å². The number of nitrogens with one attached hydrogen (secondary N) is 1. The molecule has 0 heterocycles. The highest BCUT2D eigenvalue weighted by molar-refractivity contribution is 6.09. The van der Waals surface area contributed by atoms with Crippen LogP contribution in [-0.2, 0) is 11.3 Å². The zero-order valence-electron chi connectivity index (χ0n) is 16.5. The number of amides is 1. The molecule has 0 aliphatic heterocycles. The van der Waals surface area contributed by atoms with Crippen molar-refractivity contribution >= 4 is 11.9 Å². The van der Waals surface area contributed by atoms with Crippen molar-refractivity contribution in [3.05, 3.63) is 81.2 Å². The highest BCUT2D eigenvalue weighted by atomic mass is 16.6. The van der Waals surface area contributed by atoms with Crippen molar-refractivity contribution in [3.8, 4) is 0 Å². The summed E-state index contributed by atoms with van der Waals surface area (Å²) in [7, 11) is 0. The van der Waals surface area contributed by atoms with Crippen LogP contribution >= 0.6 is 0 Å². The molecular formula is C21H24N4O3. The number of ether oxygens (including phenoxy) is 1. The Morgan fingerprint density at radius 1 is 1.07 bits per heavy atom. The molecule has 0 spiro atoms. The number of carbonyl (C=O) groups is 2. The van der Waals surface area contributed by atoms with E-state index in [1.807, 2.05) is 19.1 Å². The second kappa shape index (κ2) is 9.06. The van der Waals surface area contributed by atoms with Crippen molar-refractivity contribution < 1.29 is 14.3 Å². The maximum absolute atomic E-state index is 12.6. The lowest BCUT2D eigenvalue weighted by Gasteiger charge is -2.22. The lowest BCUT2D eigenvalue weighted by molar-refractivity contribution is 0.0507. The maximum Gasteiger partial charge on any atom is 0.408 e. The van der Waals surface area contributed by atoms with E-state index in [0.29, 0.717) is 11.1 Å². The molecule has 1 N–H and O–H groups in total. The highest BCUT2D eigenvalue weighted by Gasteiger charge is 2.18. The SMILES string of the molecule is C[C@H](NC(=O)OC(C)(C)C)c1ccc(C(=O)c2ccc(CN=[N+]=[N-])cc2)cc1. The number of rotatable bonds is 6. The fraction of sp³-hybridized carbons (Fsp3) is 0.333. The Kier molecular flexibility index (Phi) is 6.79. The van der Waals surface area contributed by atoms with Gasteiger partial charge in [0.05, 0.1) is 12.6 Å². The summed E-state index contributed by atoms with van der Waals surface area (Å²) in [4.78, 5) is 27.2. The molecule has 7 nitrogen and oxygen atoms in total. The normalized spacial score (nSPS) is 11.9. The van der Waals surface area contributed by atoms with Crippen LogP contribution in [0.15, 0.2) is 53.6 Å². The molecule has 1 amide bonds. The van der Waals surface area contributed by atoms with E-state index in [-0.39, 0.29) is 18.4 Å². The van der Waals surface area contributed by atoms with Crippen molar-refractivity contribution in [1.29, 1.82) is 0 Å². The first-order chi connectivity index (χ1) is 13.2. The Balaban J connectivity index is 2.03. The minimum Gasteiger partial charge on any atom is -0.444 e. The number of hydrogen-bond acceptors (Lipinski definition) is 4. The molecule has 7 heteroatoms. The van der Waals surface area contributed by atoms with Crippen molar-refractivity contribution in [2.45, 2.75) is 45.9 Å². The van der Waals surface area contributed by atoms with E-state index in [1.165, 1.54) is 0 Å². The van der Waals surface area contributed by atoms with Crippen LogP contribution in [0, 0.1) is 0 Å². The molecule has 2 aromatic carbocycles. The lowest BCUT2D eigenvalue weighted by Crippen LogP contribution is -2.34. The van der Waals surface area contributed by atoms with Gasteiger partial charge in [0.1, 0.15) is 5.60 Å². The summed E-state index contributed by atoms with van der Waals surface area (Å²) in [5.74, 6) is -0.102. The van der Waals surface area contributed by atoms with Crippen LogP contribution in [0.2, 0.25) is 0 Å². The molecular weight excluding hydrogens is 356 g/mol. The van der Waals surface area contributed by atoms with Gasteiger partial charge in [-0.2, -0.15) is 0 Å². The van der Waals surface area contributed by atoms with E-state index in [0.717, 1.165) is 11.1 Å². The summed E-state index contributed by atoms with van der Waals surface area (Å²) in [6.45, 7) is 7.52. The third-order valence-corrected chi connectivity index (χ3v) is 3.94. The van der Waals surface area contributed by atoms with Crippen LogP contribution < -0.4 is 5.32 Å². The maximum atomic E-state index is 12.6. The number of carbonyl (C=O) groups excluding carboxylic acids is 2. The van der Waals surface area contributed by atoms with Gasteiger partial charge in [-0.1, -0.05) is 53.6 Å². The average molecular weight is 380 g/mol. The van der Waals surface area contributed by atoms with Crippen LogP contribution in [-0.4, -0.2) is 17.5 Å². The summed E-state index contributed by atoms with van der Waals surface area (Å²) in [5.41, 5.74) is 10.6. The molecule has 0 bridgehead atoms. The molecule has 2 aromatic rings. The quantitative estimate of drug-likeness (QED) is 0.317. The molecule has 0 fully saturated rings. The first-order valence-corrected chi connectivity index (χ1v) is 8.93. The predicted molar refractivity (Wildman–Crippen MR) is 107 cm³/mol. The molecule has 0 aliphatic rings. The fourth-order valence-electron chi connectivity index (χ4n) is 2.53. The van der Waals surface area contributed by atoms with Crippen LogP contribution in [0.4, 0.5) is 4.79 Å². The van der Waals surface area contributed by atoms with E-state index in [2.05, 4.69) is 15.3 Å². The smallest absolute Gasteiger partial charge is 0.408 e. The van der Waals surface area contributed by atoms with Gasteiger partial charge in [-0.3, -0.25) is 4.79 Å². The summed E-state index contributed by atoms with van der Waals surface area (Å²) in [6.07, 6.45) is -0.485. The first-order valence-electron chi connectivity index (χ1n) is 8.93. The van der Waals surface area contributed by atoms with Crippen LogP contribution in [0.3, 0.4) is 0 Å². The molecule has 2 rings (SSSR count). The van der Waals surface area contributed by atoms with E-state index >= 15 is 0 Å². The van der Waals surface area contributed by atoms with Gasteiger partial charge in [0, 0.05) is 16.0 Å². The first kappa shape index (κ1) is 21.0. The van der Waals surface area contributed by atoms with Gasteiger partial charge in [0.15, 0.2) is 5.78 Å². The summed E-state index contributed by atoms with van der Waals surface area (Å²) < 4.78 is 5.25. The van der Waals surface area contributed by atoms with Crippen molar-refractivity contribution in [1.82, 2.24) is 5.32 Å². The molecule has 0 aliphatic carbocycles. The Labute approximate surface area is 164 Å². The third kappa shape index (κ3) is 6.14. The molecule has 146 valence electrons. The number of alkyl carbamates (subject to hydrolysis) is 1. The van der Waals surface area contributed by atoms with Crippen LogP contribution in [0.1, 0.15) is 60.8 Å². The largest absolute Gasteiger partial charge is 0.444 e. The van der Waals surface area contributed by atoms with Crippen molar-refractivity contribution in [2.24, 2.45) is 5.11 Å². The zero-order chi connectivity index (χ0) is 20.7. The van der Waals surface area contributed by atoms with Gasteiger partial charge in [-0.25, -0.2) is 4.79 Å². The van der Waals surface area contributed by atoms with Gasteiger partial charge in [0.2, 0.25) is 0 Å². The number of nitrogens with zero attached hydrogens (tertiary/aromatic N) is 3. The third-order valence-electron chi connectivity index (χ3n) is 3.94. The standard InChI is InChI=1S/C21H24N4O3/c1-14(24-20(27)28-21(2,3)4)16-9-11-18(12-10-16)19(26)17-7-5-15(6-8-17)13-23-25-22/h5-12,14H,13H2,1-4H3,(H,24,27)/t14-/m0/s1. The predicted octanol–water partition coefficient (Wildman–Crippen LogP) is 5.31. The van der Waals surface area contributed by atoms with Gasteiger partial charge >= 0.3 is 6.09 Å². The molecule has 0 radical (unpaired) electrons. The second-order valence-corrected chi connectivity index (χ2v) is 7.40. The van der Waals surface area contributed by atoms with Crippen LogP contribution in [0.5, 0.6) is 0 Å². The zero-order valence-corrected chi connectivity index (χ0v) is 16.5. The van der Waals surface area contributed by atoms with Gasteiger partial charge in [-0.05, 0) is 44.4 Å². The number of azide groups is 1. The summed E-state index contributed by atoms with van der Waals surface area (Å²) >= 11 is 0. The van der Waals surface area contributed by atoms with Crippen molar-refractivity contribution in [3.63, 3.8) is 0 Å². The van der Waals surface area contributed by atoms with E-state index < -0.39 is 11.7 Å². The van der Waals surface area contributed by atoms with E-state index in [9.17, 15) is 9.59 Å². The second-order valence-electron chi connectivity index (χ2n) is 7.40. The number of benzene rings is 2. The topological polar surface area (TPSA) is 104 Å². The fourth-order valence-corrected chi connectivity index (χ4v) is 2.53. The Morgan fingerprint density at radius 3 is 2.11 bits per heavy atom. The number of hydrogen-bond donors (Lipinski definition) is 1. The van der Waals surface area contributed by atoms with E-state index in [4.69, 9.17) is 10.3 Å².